The first-order valence-corrected chi connectivity index (χ1v) is 5.49. The van der Waals surface area contributed by atoms with E-state index in [1.807, 2.05) is 18.3 Å². The minimum absolute atomic E-state index is 0.198. The molecule has 1 aliphatic heterocycles. The summed E-state index contributed by atoms with van der Waals surface area (Å²) in [6.07, 6.45) is 6.22. The van der Waals surface area contributed by atoms with Gasteiger partial charge in [-0.3, -0.25) is 9.78 Å². The number of fused-ring (bicyclic) bond motifs is 1. The summed E-state index contributed by atoms with van der Waals surface area (Å²) < 4.78 is 5.45. The monoisotopic (exact) mass is 228 g/mol. The van der Waals surface area contributed by atoms with E-state index in [2.05, 4.69) is 23.0 Å². The van der Waals surface area contributed by atoms with Gasteiger partial charge in [-0.15, -0.1) is 0 Å². The lowest BCUT2D eigenvalue weighted by molar-refractivity contribution is -0.135. The minimum Gasteiger partial charge on any atom is -0.356 e. The van der Waals surface area contributed by atoms with E-state index in [-0.39, 0.29) is 5.91 Å². The van der Waals surface area contributed by atoms with E-state index in [0.29, 0.717) is 18.0 Å². The van der Waals surface area contributed by atoms with Crippen molar-refractivity contribution in [3.63, 3.8) is 0 Å². The van der Waals surface area contributed by atoms with Crippen LogP contribution in [0.1, 0.15) is 22.9 Å². The highest BCUT2D eigenvalue weighted by Gasteiger charge is 2.28. The van der Waals surface area contributed by atoms with Gasteiger partial charge >= 0.3 is 0 Å². The number of rotatable bonds is 1. The number of aromatic nitrogens is 1. The van der Waals surface area contributed by atoms with Crippen LogP contribution in [-0.2, 0) is 16.0 Å². The van der Waals surface area contributed by atoms with Crippen LogP contribution in [0.3, 0.4) is 0 Å². The molecule has 1 saturated heterocycles. The fourth-order valence-corrected chi connectivity index (χ4v) is 2.05. The molecule has 0 spiro atoms. The third-order valence-corrected chi connectivity index (χ3v) is 2.91. The van der Waals surface area contributed by atoms with E-state index in [1.54, 1.807) is 0 Å². The standard InChI is InChI=1S/C13H12N2O2/c1-8-7-17-12(13(16)15-8)11-5-9-3-2-4-10(9)6-14-11/h2-3,5-6,12H,1,4,7H2,(H,15,16). The molecule has 1 aromatic heterocycles. The van der Waals surface area contributed by atoms with Gasteiger partial charge in [-0.1, -0.05) is 18.7 Å². The molecule has 2 heterocycles. The molecule has 4 heteroatoms. The van der Waals surface area contributed by atoms with Crippen LogP contribution in [0, 0.1) is 0 Å². The minimum atomic E-state index is -0.625. The van der Waals surface area contributed by atoms with E-state index in [1.165, 1.54) is 5.56 Å². The molecule has 1 amide bonds. The average molecular weight is 228 g/mol. The lowest BCUT2D eigenvalue weighted by Gasteiger charge is -2.23. The number of morpholine rings is 1. The van der Waals surface area contributed by atoms with Crippen molar-refractivity contribution in [2.24, 2.45) is 0 Å². The normalized spacial score (nSPS) is 22.5. The third-order valence-electron chi connectivity index (χ3n) is 2.91. The van der Waals surface area contributed by atoms with E-state index in [4.69, 9.17) is 4.74 Å². The van der Waals surface area contributed by atoms with Crippen molar-refractivity contribution in [1.29, 1.82) is 0 Å². The largest absolute Gasteiger partial charge is 0.356 e. The molecule has 1 atom stereocenters. The molecule has 3 rings (SSSR count). The molecule has 1 aromatic rings. The van der Waals surface area contributed by atoms with E-state index in [0.717, 1.165) is 12.0 Å². The highest BCUT2D eigenvalue weighted by atomic mass is 16.5. The fourth-order valence-electron chi connectivity index (χ4n) is 2.05. The number of pyridine rings is 1. The quantitative estimate of drug-likeness (QED) is 0.789. The van der Waals surface area contributed by atoms with Crippen LogP contribution in [-0.4, -0.2) is 17.5 Å². The average Bonchev–Trinajstić information content (AvgIpc) is 2.75. The second kappa shape index (κ2) is 3.82. The van der Waals surface area contributed by atoms with Crippen LogP contribution in [0.5, 0.6) is 0 Å². The van der Waals surface area contributed by atoms with Gasteiger partial charge in [0.2, 0.25) is 0 Å². The number of nitrogens with zero attached hydrogens (tertiary/aromatic N) is 1. The van der Waals surface area contributed by atoms with Gasteiger partial charge < -0.3 is 10.1 Å². The van der Waals surface area contributed by atoms with Gasteiger partial charge in [-0.2, -0.15) is 0 Å². The second-order valence-corrected chi connectivity index (χ2v) is 4.20. The summed E-state index contributed by atoms with van der Waals surface area (Å²) >= 11 is 0. The number of ether oxygens (including phenoxy) is 1. The van der Waals surface area contributed by atoms with Crippen LogP contribution in [0.15, 0.2) is 30.6 Å². The maximum Gasteiger partial charge on any atom is 0.259 e. The van der Waals surface area contributed by atoms with E-state index in [9.17, 15) is 4.79 Å². The Bertz CT molecular complexity index is 534. The fraction of sp³-hybridized carbons (Fsp3) is 0.231. The van der Waals surface area contributed by atoms with Crippen molar-refractivity contribution >= 4 is 12.0 Å². The molecule has 0 aromatic carbocycles. The molecular weight excluding hydrogens is 216 g/mol. The lowest BCUT2D eigenvalue weighted by atomic mass is 10.1. The molecule has 0 radical (unpaired) electrons. The number of hydrogen-bond donors (Lipinski definition) is 1. The highest BCUT2D eigenvalue weighted by Crippen LogP contribution is 2.25. The summed E-state index contributed by atoms with van der Waals surface area (Å²) in [6.45, 7) is 4.00. The summed E-state index contributed by atoms with van der Waals surface area (Å²) in [5, 5.41) is 2.68. The van der Waals surface area contributed by atoms with Gasteiger partial charge in [0.15, 0.2) is 6.10 Å². The van der Waals surface area contributed by atoms with Gasteiger partial charge in [0.25, 0.3) is 5.91 Å². The zero-order valence-corrected chi connectivity index (χ0v) is 9.27. The second-order valence-electron chi connectivity index (χ2n) is 4.20. The molecular formula is C13H12N2O2. The molecule has 1 unspecified atom stereocenters. The van der Waals surface area contributed by atoms with E-state index >= 15 is 0 Å². The first-order valence-electron chi connectivity index (χ1n) is 5.49. The van der Waals surface area contributed by atoms with Crippen molar-refractivity contribution in [1.82, 2.24) is 10.3 Å². The van der Waals surface area contributed by atoms with Gasteiger partial charge in [-0.25, -0.2) is 0 Å². The Labute approximate surface area is 99.0 Å². The molecule has 4 nitrogen and oxygen atoms in total. The summed E-state index contributed by atoms with van der Waals surface area (Å²) in [6, 6.07) is 1.91. The summed E-state index contributed by atoms with van der Waals surface area (Å²) in [5.41, 5.74) is 3.55. The Morgan fingerprint density at radius 3 is 3.24 bits per heavy atom. The first kappa shape index (κ1) is 10.2. The first-order chi connectivity index (χ1) is 8.24. The van der Waals surface area contributed by atoms with Crippen molar-refractivity contribution in [2.75, 3.05) is 6.61 Å². The highest BCUT2D eigenvalue weighted by molar-refractivity contribution is 5.84. The topological polar surface area (TPSA) is 51.2 Å². The lowest BCUT2D eigenvalue weighted by Crippen LogP contribution is -2.37. The van der Waals surface area contributed by atoms with Crippen molar-refractivity contribution in [3.05, 3.63) is 47.4 Å². The van der Waals surface area contributed by atoms with Crippen molar-refractivity contribution in [3.8, 4) is 0 Å². The maximum atomic E-state index is 11.8. The SMILES string of the molecule is C=C1COC(c2cc3c(cn2)CC=C3)C(=O)N1. The summed E-state index contributed by atoms with van der Waals surface area (Å²) in [4.78, 5) is 16.0. The van der Waals surface area contributed by atoms with Crippen LogP contribution in [0.25, 0.3) is 6.08 Å². The number of hydrogen-bond acceptors (Lipinski definition) is 3. The smallest absolute Gasteiger partial charge is 0.259 e. The van der Waals surface area contributed by atoms with Crippen LogP contribution in [0.4, 0.5) is 0 Å². The third kappa shape index (κ3) is 1.76. The predicted octanol–water partition coefficient (Wildman–Crippen LogP) is 1.35. The number of amides is 1. The Morgan fingerprint density at radius 2 is 2.41 bits per heavy atom. The molecule has 1 aliphatic carbocycles. The van der Waals surface area contributed by atoms with Crippen molar-refractivity contribution in [2.45, 2.75) is 12.5 Å². The van der Waals surface area contributed by atoms with Crippen molar-refractivity contribution < 1.29 is 9.53 Å². The predicted molar refractivity (Wildman–Crippen MR) is 63.0 cm³/mol. The van der Waals surface area contributed by atoms with Gasteiger partial charge in [0.05, 0.1) is 12.3 Å². The Morgan fingerprint density at radius 1 is 1.53 bits per heavy atom. The van der Waals surface area contributed by atoms with Crippen LogP contribution < -0.4 is 5.32 Å². The molecule has 17 heavy (non-hydrogen) atoms. The molecule has 0 bridgehead atoms. The Balaban J connectivity index is 1.91. The molecule has 1 N–H and O–H groups in total. The number of allylic oxidation sites excluding steroid dienone is 1. The molecule has 0 saturated carbocycles. The summed E-state index contributed by atoms with van der Waals surface area (Å²) in [7, 11) is 0. The van der Waals surface area contributed by atoms with Crippen LogP contribution in [0.2, 0.25) is 0 Å². The summed E-state index contributed by atoms with van der Waals surface area (Å²) in [5.74, 6) is -0.198. The molecule has 2 aliphatic rings. The Kier molecular flexibility index (Phi) is 2.30. The zero-order valence-electron chi connectivity index (χ0n) is 9.27. The van der Waals surface area contributed by atoms with E-state index < -0.39 is 6.10 Å². The number of nitrogens with one attached hydrogen (secondary N) is 1. The van der Waals surface area contributed by atoms with Gasteiger partial charge in [0, 0.05) is 11.9 Å². The van der Waals surface area contributed by atoms with Crippen LogP contribution >= 0.6 is 0 Å². The van der Waals surface area contributed by atoms with Gasteiger partial charge in [-0.05, 0) is 23.6 Å². The van der Waals surface area contributed by atoms with Gasteiger partial charge in [0.1, 0.15) is 0 Å². The molecule has 1 fully saturated rings. The Hall–Kier alpha value is -1.94. The zero-order chi connectivity index (χ0) is 11.8. The maximum absolute atomic E-state index is 11.8. The number of carbonyl (C=O) groups excluding carboxylic acids is 1. The molecule has 86 valence electrons. The number of carbonyl (C=O) groups is 1.